The third-order valence-electron chi connectivity index (χ3n) is 3.09. The van der Waals surface area contributed by atoms with E-state index in [0.29, 0.717) is 22.8 Å². The van der Waals surface area contributed by atoms with Crippen molar-refractivity contribution in [2.45, 2.75) is 23.1 Å². The molecule has 0 bridgehead atoms. The third kappa shape index (κ3) is 3.10. The van der Waals surface area contributed by atoms with E-state index in [0.717, 1.165) is 9.79 Å². The quantitative estimate of drug-likeness (QED) is 0.801. The van der Waals surface area contributed by atoms with Crippen LogP contribution in [0.15, 0.2) is 52.3 Å². The first-order chi connectivity index (χ1) is 10.5. The van der Waals surface area contributed by atoms with Gasteiger partial charge in [0.25, 0.3) is 10.1 Å². The van der Waals surface area contributed by atoms with Crippen LogP contribution in [0.1, 0.15) is 13.3 Å². The largest absolute Gasteiger partial charge is 0.288 e. The highest BCUT2D eigenvalue weighted by Crippen LogP contribution is 2.49. The van der Waals surface area contributed by atoms with Gasteiger partial charge in [-0.15, -0.1) is 4.28 Å². The summed E-state index contributed by atoms with van der Waals surface area (Å²) in [5, 5.41) is 1.89. The van der Waals surface area contributed by atoms with Gasteiger partial charge < -0.3 is 0 Å². The van der Waals surface area contributed by atoms with Crippen LogP contribution in [0.5, 0.6) is 0 Å². The molecule has 4 nitrogen and oxygen atoms in total. The molecule has 0 saturated heterocycles. The Balaban J connectivity index is 2.10. The lowest BCUT2D eigenvalue weighted by Crippen LogP contribution is -2.26. The lowest BCUT2D eigenvalue weighted by atomic mass is 10.2. The Morgan fingerprint density at radius 3 is 2.64 bits per heavy atom. The Bertz CT molecular complexity index is 808. The zero-order chi connectivity index (χ0) is 15.7. The third-order valence-corrected chi connectivity index (χ3v) is 5.74. The smallest absolute Gasteiger partial charge is 0.202 e. The van der Waals surface area contributed by atoms with E-state index in [1.165, 1.54) is 5.06 Å². The highest BCUT2D eigenvalue weighted by Gasteiger charge is 2.28. The van der Waals surface area contributed by atoms with Crippen molar-refractivity contribution >= 4 is 44.9 Å². The molecule has 0 aromatic heterocycles. The van der Waals surface area contributed by atoms with Gasteiger partial charge in [-0.1, -0.05) is 42.4 Å². The first kappa shape index (κ1) is 15.7. The van der Waals surface area contributed by atoms with Gasteiger partial charge in [0.2, 0.25) is 0 Å². The first-order valence-electron chi connectivity index (χ1n) is 6.79. The molecule has 7 heteroatoms. The second-order valence-corrected chi connectivity index (χ2v) is 8.01. The van der Waals surface area contributed by atoms with E-state index < -0.39 is 10.1 Å². The monoisotopic (exact) mass is 355 g/mol. The van der Waals surface area contributed by atoms with Gasteiger partial charge in [0.15, 0.2) is 0 Å². The summed E-state index contributed by atoms with van der Waals surface area (Å²) in [4.78, 5) is 1.83. The summed E-state index contributed by atoms with van der Waals surface area (Å²) in [6, 6.07) is 12.9. The van der Waals surface area contributed by atoms with Crippen LogP contribution in [-0.2, 0) is 14.4 Å². The van der Waals surface area contributed by atoms with E-state index >= 15 is 0 Å². The standard InChI is InChI=1S/C15H14ClNO3S2/c1-2-9-22(18,19)20-17-12-5-3-4-6-14(12)21-15-8-7-11(16)10-13(15)17/h3-8,10H,2,9H2,1H3. The molecule has 2 aromatic rings. The van der Waals surface area contributed by atoms with Crippen molar-refractivity contribution < 1.29 is 12.7 Å². The number of para-hydroxylation sites is 1. The average molecular weight is 356 g/mol. The molecule has 0 radical (unpaired) electrons. The molecule has 0 fully saturated rings. The Labute approximate surface area is 139 Å². The van der Waals surface area contributed by atoms with Gasteiger partial charge in [0.1, 0.15) is 0 Å². The SMILES string of the molecule is CCCS(=O)(=O)ON1c2ccccc2Sc2ccc(Cl)cc21. The second-order valence-electron chi connectivity index (χ2n) is 4.81. The highest BCUT2D eigenvalue weighted by atomic mass is 35.5. The lowest BCUT2D eigenvalue weighted by Gasteiger charge is -2.30. The number of fused-ring (bicyclic) bond motifs is 2. The summed E-state index contributed by atoms with van der Waals surface area (Å²) in [5.74, 6) is -0.0330. The molecule has 2 aromatic carbocycles. The van der Waals surface area contributed by atoms with Crippen molar-refractivity contribution in [3.63, 3.8) is 0 Å². The van der Waals surface area contributed by atoms with E-state index in [2.05, 4.69) is 0 Å². The Morgan fingerprint density at radius 2 is 1.86 bits per heavy atom. The van der Waals surface area contributed by atoms with E-state index in [1.807, 2.05) is 30.3 Å². The minimum absolute atomic E-state index is 0.0330. The molecule has 1 aliphatic rings. The van der Waals surface area contributed by atoms with Crippen LogP contribution in [0.4, 0.5) is 11.4 Å². The topological polar surface area (TPSA) is 46.6 Å². The molecule has 0 atom stereocenters. The zero-order valence-corrected chi connectivity index (χ0v) is 14.2. The van der Waals surface area contributed by atoms with Crippen LogP contribution in [0.2, 0.25) is 5.02 Å². The van der Waals surface area contributed by atoms with Crippen LogP contribution in [0, 0.1) is 0 Å². The van der Waals surface area contributed by atoms with Crippen molar-refractivity contribution in [2.24, 2.45) is 0 Å². The predicted molar refractivity (Wildman–Crippen MR) is 89.3 cm³/mol. The van der Waals surface area contributed by atoms with Crippen molar-refractivity contribution in [1.29, 1.82) is 0 Å². The summed E-state index contributed by atoms with van der Waals surface area (Å²) >= 11 is 7.62. The molecule has 3 rings (SSSR count). The number of halogens is 1. The van der Waals surface area contributed by atoms with E-state index in [1.54, 1.807) is 30.8 Å². The number of hydrogen-bond donors (Lipinski definition) is 0. The molecule has 116 valence electrons. The summed E-state index contributed by atoms with van der Waals surface area (Å²) < 4.78 is 29.6. The van der Waals surface area contributed by atoms with Crippen molar-refractivity contribution in [3.8, 4) is 0 Å². The van der Waals surface area contributed by atoms with Gasteiger partial charge in [-0.2, -0.15) is 8.42 Å². The summed E-state index contributed by atoms with van der Waals surface area (Å²) in [6.07, 6.45) is 0.495. The van der Waals surface area contributed by atoms with Gasteiger partial charge in [0, 0.05) is 14.8 Å². The fraction of sp³-hybridized carbons (Fsp3) is 0.200. The van der Waals surface area contributed by atoms with Crippen LogP contribution in [0.25, 0.3) is 0 Å². The molecule has 22 heavy (non-hydrogen) atoms. The molecular formula is C15H14ClNO3S2. The Morgan fingerprint density at radius 1 is 1.14 bits per heavy atom. The number of nitrogens with zero attached hydrogens (tertiary/aromatic N) is 1. The van der Waals surface area contributed by atoms with Crippen LogP contribution < -0.4 is 5.06 Å². The van der Waals surface area contributed by atoms with E-state index in [-0.39, 0.29) is 5.75 Å². The van der Waals surface area contributed by atoms with Crippen molar-refractivity contribution in [1.82, 2.24) is 0 Å². The van der Waals surface area contributed by atoms with E-state index in [4.69, 9.17) is 15.9 Å². The molecule has 0 unspecified atom stereocenters. The molecule has 0 spiro atoms. The molecule has 0 saturated carbocycles. The van der Waals surface area contributed by atoms with Gasteiger partial charge in [-0.05, 0) is 36.8 Å². The van der Waals surface area contributed by atoms with Gasteiger partial charge >= 0.3 is 0 Å². The molecule has 1 heterocycles. The molecule has 1 aliphatic heterocycles. The van der Waals surface area contributed by atoms with Crippen LogP contribution in [0.3, 0.4) is 0 Å². The predicted octanol–water partition coefficient (Wildman–Crippen LogP) is 4.61. The minimum atomic E-state index is -3.66. The maximum Gasteiger partial charge on any atom is 0.288 e. The van der Waals surface area contributed by atoms with E-state index in [9.17, 15) is 8.42 Å². The molecular weight excluding hydrogens is 342 g/mol. The van der Waals surface area contributed by atoms with Gasteiger partial charge in [0.05, 0.1) is 17.1 Å². The number of anilines is 2. The minimum Gasteiger partial charge on any atom is -0.202 e. The summed E-state index contributed by atoms with van der Waals surface area (Å²) in [7, 11) is -3.66. The lowest BCUT2D eigenvalue weighted by molar-refractivity contribution is 0.319. The fourth-order valence-corrected chi connectivity index (χ4v) is 4.33. The maximum absolute atomic E-state index is 12.1. The maximum atomic E-state index is 12.1. The van der Waals surface area contributed by atoms with Crippen LogP contribution >= 0.6 is 23.4 Å². The number of benzene rings is 2. The molecule has 0 amide bonds. The van der Waals surface area contributed by atoms with Crippen molar-refractivity contribution in [3.05, 3.63) is 47.5 Å². The molecule has 0 aliphatic carbocycles. The first-order valence-corrected chi connectivity index (χ1v) is 9.56. The van der Waals surface area contributed by atoms with Gasteiger partial charge in [-0.25, -0.2) is 5.06 Å². The normalized spacial score (nSPS) is 13.6. The molecule has 0 N–H and O–H groups in total. The second kappa shape index (κ2) is 6.12. The number of rotatable bonds is 4. The fourth-order valence-electron chi connectivity index (χ4n) is 2.18. The van der Waals surface area contributed by atoms with Crippen molar-refractivity contribution in [2.75, 3.05) is 10.8 Å². The van der Waals surface area contributed by atoms with Crippen LogP contribution in [-0.4, -0.2) is 14.2 Å². The average Bonchev–Trinajstić information content (AvgIpc) is 2.47. The number of hydrogen-bond acceptors (Lipinski definition) is 5. The summed E-state index contributed by atoms with van der Waals surface area (Å²) in [6.45, 7) is 1.80. The Hall–Kier alpha value is -1.21. The van der Waals surface area contributed by atoms with Gasteiger partial charge in [-0.3, -0.25) is 0 Å². The summed E-state index contributed by atoms with van der Waals surface area (Å²) in [5.41, 5.74) is 1.33. The highest BCUT2D eigenvalue weighted by molar-refractivity contribution is 7.99. The zero-order valence-electron chi connectivity index (χ0n) is 11.8. The Kier molecular flexibility index (Phi) is 4.36.